The molecule has 0 fully saturated rings. The zero-order valence-corrected chi connectivity index (χ0v) is 5.81. The molecule has 0 aromatic carbocycles. The van der Waals surface area contributed by atoms with Crippen molar-refractivity contribution in [3.05, 3.63) is 0 Å². The molecule has 0 amide bonds. The van der Waals surface area contributed by atoms with E-state index in [9.17, 15) is 0 Å². The van der Waals surface area contributed by atoms with Gasteiger partial charge in [-0.1, -0.05) is 6.92 Å². The predicted octanol–water partition coefficient (Wildman–Crippen LogP) is 0.224. The molecule has 0 spiro atoms. The van der Waals surface area contributed by atoms with Crippen LogP contribution in [0.2, 0.25) is 0 Å². The van der Waals surface area contributed by atoms with Gasteiger partial charge in [-0.2, -0.15) is 5.12 Å². The lowest BCUT2D eigenvalue weighted by Crippen LogP contribution is -2.52. The SMILES string of the molecule is CCC(C)(C)N(N)N. The standard InChI is InChI=1S/C5H15N3/c1-4-5(2,3)8(6)7/h4,6-7H2,1-3H3. The zero-order valence-electron chi connectivity index (χ0n) is 5.81. The minimum Gasteiger partial charge on any atom is -0.255 e. The summed E-state index contributed by atoms with van der Waals surface area (Å²) in [6.07, 6.45) is 0.958. The smallest absolute Gasteiger partial charge is 0.0446 e. The highest BCUT2D eigenvalue weighted by Gasteiger charge is 2.17. The lowest BCUT2D eigenvalue weighted by atomic mass is 10.0. The molecule has 0 saturated carbocycles. The van der Waals surface area contributed by atoms with Crippen molar-refractivity contribution >= 4 is 0 Å². The summed E-state index contributed by atoms with van der Waals surface area (Å²) in [5.74, 6) is 10.6. The van der Waals surface area contributed by atoms with Gasteiger partial charge in [-0.05, 0) is 20.3 Å². The van der Waals surface area contributed by atoms with E-state index >= 15 is 0 Å². The summed E-state index contributed by atoms with van der Waals surface area (Å²) >= 11 is 0. The molecule has 3 heteroatoms. The quantitative estimate of drug-likeness (QED) is 0.402. The van der Waals surface area contributed by atoms with E-state index in [-0.39, 0.29) is 5.54 Å². The monoisotopic (exact) mass is 117 g/mol. The number of nitrogens with zero attached hydrogens (tertiary/aromatic N) is 1. The summed E-state index contributed by atoms with van der Waals surface area (Å²) in [4.78, 5) is 0. The lowest BCUT2D eigenvalue weighted by molar-refractivity contribution is 0.118. The number of nitrogens with two attached hydrogens (primary N) is 2. The Labute approximate surface area is 50.6 Å². The predicted molar refractivity (Wildman–Crippen MR) is 34.6 cm³/mol. The summed E-state index contributed by atoms with van der Waals surface area (Å²) in [7, 11) is 0. The van der Waals surface area contributed by atoms with Crippen LogP contribution in [0.5, 0.6) is 0 Å². The maximum atomic E-state index is 5.29. The van der Waals surface area contributed by atoms with Crippen LogP contribution in [-0.4, -0.2) is 10.7 Å². The largest absolute Gasteiger partial charge is 0.255 e. The van der Waals surface area contributed by atoms with Gasteiger partial charge in [-0.25, -0.2) is 0 Å². The van der Waals surface area contributed by atoms with Crippen molar-refractivity contribution in [3.8, 4) is 0 Å². The van der Waals surface area contributed by atoms with E-state index in [2.05, 4.69) is 0 Å². The Bertz CT molecular complexity index is 68.1. The maximum absolute atomic E-state index is 5.29. The number of hydrazine groups is 2. The van der Waals surface area contributed by atoms with E-state index in [0.717, 1.165) is 6.42 Å². The third-order valence-electron chi connectivity index (χ3n) is 1.56. The van der Waals surface area contributed by atoms with E-state index in [1.807, 2.05) is 20.8 Å². The van der Waals surface area contributed by atoms with Crippen molar-refractivity contribution < 1.29 is 0 Å². The van der Waals surface area contributed by atoms with Crippen molar-refractivity contribution in [1.82, 2.24) is 5.12 Å². The molecule has 0 atom stereocenters. The molecule has 0 saturated heterocycles. The van der Waals surface area contributed by atoms with Gasteiger partial charge in [0.15, 0.2) is 0 Å². The van der Waals surface area contributed by atoms with E-state index < -0.39 is 0 Å². The molecule has 0 rings (SSSR count). The summed E-state index contributed by atoms with van der Waals surface area (Å²) in [6, 6.07) is 0. The van der Waals surface area contributed by atoms with Crippen LogP contribution in [0.15, 0.2) is 0 Å². The topological polar surface area (TPSA) is 55.3 Å². The molecular weight excluding hydrogens is 102 g/mol. The number of hydrogen-bond donors (Lipinski definition) is 2. The van der Waals surface area contributed by atoms with Crippen LogP contribution in [0.1, 0.15) is 27.2 Å². The summed E-state index contributed by atoms with van der Waals surface area (Å²) in [5.41, 5.74) is -0.0694. The Morgan fingerprint density at radius 2 is 1.75 bits per heavy atom. The second-order valence-corrected chi connectivity index (χ2v) is 2.57. The first kappa shape index (κ1) is 7.88. The lowest BCUT2D eigenvalue weighted by Gasteiger charge is -2.29. The van der Waals surface area contributed by atoms with E-state index in [1.165, 1.54) is 5.12 Å². The second kappa shape index (κ2) is 2.44. The number of hydrogen-bond acceptors (Lipinski definition) is 3. The van der Waals surface area contributed by atoms with Gasteiger partial charge >= 0.3 is 0 Å². The van der Waals surface area contributed by atoms with Crippen molar-refractivity contribution in [2.45, 2.75) is 32.7 Å². The third kappa shape index (κ3) is 1.78. The van der Waals surface area contributed by atoms with Gasteiger partial charge in [-0.3, -0.25) is 11.7 Å². The van der Waals surface area contributed by atoms with Crippen LogP contribution in [-0.2, 0) is 0 Å². The first-order valence-electron chi connectivity index (χ1n) is 2.80. The fourth-order valence-electron chi connectivity index (χ4n) is 0.183. The molecule has 0 aliphatic heterocycles. The Balaban J connectivity index is 3.71. The Morgan fingerprint density at radius 1 is 1.38 bits per heavy atom. The van der Waals surface area contributed by atoms with Crippen LogP contribution < -0.4 is 11.7 Å². The summed E-state index contributed by atoms with van der Waals surface area (Å²) < 4.78 is 0. The average Bonchev–Trinajstić information content (AvgIpc) is 1.67. The van der Waals surface area contributed by atoms with E-state index in [0.29, 0.717) is 0 Å². The molecule has 0 aromatic heterocycles. The maximum Gasteiger partial charge on any atom is 0.0446 e. The molecule has 0 unspecified atom stereocenters. The highest BCUT2D eigenvalue weighted by atomic mass is 15.6. The van der Waals surface area contributed by atoms with Crippen LogP contribution in [0.4, 0.5) is 0 Å². The molecule has 0 aromatic rings. The summed E-state index contributed by atoms with van der Waals surface area (Å²) in [6.45, 7) is 6.03. The Kier molecular flexibility index (Phi) is 2.40. The third-order valence-corrected chi connectivity index (χ3v) is 1.56. The second-order valence-electron chi connectivity index (χ2n) is 2.57. The van der Waals surface area contributed by atoms with Gasteiger partial charge in [-0.15, -0.1) is 0 Å². The highest BCUT2D eigenvalue weighted by molar-refractivity contribution is 4.71. The van der Waals surface area contributed by atoms with Crippen molar-refractivity contribution in [2.24, 2.45) is 11.7 Å². The molecule has 0 aliphatic carbocycles. The minimum atomic E-state index is -0.0694. The van der Waals surface area contributed by atoms with Gasteiger partial charge in [0.05, 0.1) is 0 Å². The fourth-order valence-corrected chi connectivity index (χ4v) is 0.183. The first-order chi connectivity index (χ1) is 3.50. The van der Waals surface area contributed by atoms with Crippen LogP contribution >= 0.6 is 0 Å². The van der Waals surface area contributed by atoms with Crippen molar-refractivity contribution in [3.63, 3.8) is 0 Å². The normalized spacial score (nSPS) is 12.8. The van der Waals surface area contributed by atoms with Gasteiger partial charge in [0.25, 0.3) is 0 Å². The minimum absolute atomic E-state index is 0.0694. The van der Waals surface area contributed by atoms with Gasteiger partial charge < -0.3 is 0 Å². The van der Waals surface area contributed by atoms with Gasteiger partial charge in [0.1, 0.15) is 0 Å². The van der Waals surface area contributed by atoms with Crippen LogP contribution in [0.3, 0.4) is 0 Å². The van der Waals surface area contributed by atoms with E-state index in [4.69, 9.17) is 11.7 Å². The first-order valence-corrected chi connectivity index (χ1v) is 2.80. The molecule has 0 radical (unpaired) electrons. The van der Waals surface area contributed by atoms with Crippen molar-refractivity contribution in [1.29, 1.82) is 0 Å². The van der Waals surface area contributed by atoms with Crippen molar-refractivity contribution in [2.75, 3.05) is 0 Å². The molecule has 4 N–H and O–H groups in total. The van der Waals surface area contributed by atoms with E-state index in [1.54, 1.807) is 0 Å². The van der Waals surface area contributed by atoms with Crippen LogP contribution in [0, 0.1) is 0 Å². The van der Waals surface area contributed by atoms with Gasteiger partial charge in [0.2, 0.25) is 0 Å². The molecule has 3 nitrogen and oxygen atoms in total. The average molecular weight is 117 g/mol. The molecule has 0 aliphatic rings. The number of rotatable bonds is 2. The Hall–Kier alpha value is -0.120. The van der Waals surface area contributed by atoms with Crippen LogP contribution in [0.25, 0.3) is 0 Å². The van der Waals surface area contributed by atoms with Gasteiger partial charge in [0, 0.05) is 5.54 Å². The molecule has 0 heterocycles. The Morgan fingerprint density at radius 3 is 1.75 bits per heavy atom. The molecular formula is C5H15N3. The zero-order chi connectivity index (χ0) is 6.78. The molecule has 0 bridgehead atoms. The summed E-state index contributed by atoms with van der Waals surface area (Å²) in [5, 5.41) is 1.24. The highest BCUT2D eigenvalue weighted by Crippen LogP contribution is 2.09. The molecule has 50 valence electrons. The molecule has 8 heavy (non-hydrogen) atoms. The fraction of sp³-hybridized carbons (Fsp3) is 1.00.